The average Bonchev–Trinajstić information content (AvgIpc) is 2.15. The predicted octanol–water partition coefficient (Wildman–Crippen LogP) is 0.149. The molecule has 66 valence electrons. The van der Waals surface area contributed by atoms with Crippen LogP contribution in [-0.4, -0.2) is 23.5 Å². The molecule has 1 aliphatic heterocycles. The molecule has 1 amide bonds. The quantitative estimate of drug-likeness (QED) is 0.471. The monoisotopic (exact) mass is 162 g/mol. The molecule has 1 heterocycles. The molecule has 5 nitrogen and oxygen atoms in total. The Kier molecular flexibility index (Phi) is 8.01. The molecule has 0 aliphatic carbocycles. The minimum Gasteiger partial charge on any atom is -0.481 e. The Bertz CT molecular complexity index is 124. The molecule has 1 saturated heterocycles. The fourth-order valence-corrected chi connectivity index (χ4v) is 0.565. The largest absolute Gasteiger partial charge is 0.481 e. The summed E-state index contributed by atoms with van der Waals surface area (Å²) in [6.07, 6.45) is 1.76. The first-order valence-electron chi connectivity index (χ1n) is 3.09. The van der Waals surface area contributed by atoms with Gasteiger partial charge in [-0.1, -0.05) is 0 Å². The highest BCUT2D eigenvalue weighted by molar-refractivity contribution is 5.77. The van der Waals surface area contributed by atoms with E-state index in [-0.39, 0.29) is 12.1 Å². The van der Waals surface area contributed by atoms with Crippen LogP contribution in [0.3, 0.4) is 0 Å². The van der Waals surface area contributed by atoms with E-state index in [1.165, 1.54) is 0 Å². The Morgan fingerprint density at radius 2 is 2.09 bits per heavy atom. The molecule has 0 unspecified atom stereocenters. The summed E-state index contributed by atoms with van der Waals surface area (Å²) in [6, 6.07) is 0. The van der Waals surface area contributed by atoms with E-state index in [0.717, 1.165) is 26.3 Å². The van der Waals surface area contributed by atoms with Crippen LogP contribution in [0, 0.1) is 0 Å². The van der Waals surface area contributed by atoms with Gasteiger partial charge in [-0.2, -0.15) is 0 Å². The Morgan fingerprint density at radius 3 is 2.18 bits per heavy atom. The topological polar surface area (TPSA) is 101 Å². The van der Waals surface area contributed by atoms with Crippen LogP contribution >= 0.6 is 0 Å². The Balaban J connectivity index is 0. The summed E-state index contributed by atoms with van der Waals surface area (Å²) in [6.45, 7) is 1.97. The molecule has 0 radical (unpaired) electrons. The first-order chi connectivity index (χ1) is 4.63. The Morgan fingerprint density at radius 1 is 1.64 bits per heavy atom. The molecule has 0 saturated carbocycles. The molecule has 0 aromatic heterocycles. The molecule has 1 aliphatic rings. The van der Waals surface area contributed by atoms with Crippen LogP contribution in [0.15, 0.2) is 0 Å². The zero-order valence-electron chi connectivity index (χ0n) is 6.59. The van der Waals surface area contributed by atoms with Crippen molar-refractivity contribution in [3.8, 4) is 0 Å². The third-order valence-corrected chi connectivity index (χ3v) is 0.903. The van der Waals surface area contributed by atoms with Crippen molar-refractivity contribution < 1.29 is 14.7 Å². The molecule has 1 rings (SSSR count). The second kappa shape index (κ2) is 7.01. The third kappa shape index (κ3) is 12.2. The first-order valence-corrected chi connectivity index (χ1v) is 3.09. The van der Waals surface area contributed by atoms with Gasteiger partial charge in [-0.05, 0) is 6.42 Å². The van der Waals surface area contributed by atoms with E-state index in [4.69, 9.17) is 9.90 Å². The zero-order chi connectivity index (χ0) is 7.98. The normalized spacial score (nSPS) is 13.7. The van der Waals surface area contributed by atoms with Gasteiger partial charge >= 0.3 is 0 Å². The maximum absolute atomic E-state index is 10.1. The van der Waals surface area contributed by atoms with Gasteiger partial charge in [-0.15, -0.1) is 0 Å². The molecule has 0 spiro atoms. The molecule has 0 aromatic carbocycles. The number of carbonyl (C=O) groups is 2. The van der Waals surface area contributed by atoms with Crippen LogP contribution in [-0.2, 0) is 9.59 Å². The SMILES string of the molecule is CC(=O)O.N.O=C1CCCN1. The van der Waals surface area contributed by atoms with E-state index in [9.17, 15) is 4.79 Å². The summed E-state index contributed by atoms with van der Waals surface area (Å²) in [4.78, 5) is 19.1. The van der Waals surface area contributed by atoms with Crippen LogP contribution in [0.1, 0.15) is 19.8 Å². The van der Waals surface area contributed by atoms with Crippen molar-refractivity contribution in [1.82, 2.24) is 11.5 Å². The van der Waals surface area contributed by atoms with Crippen molar-refractivity contribution in [2.24, 2.45) is 0 Å². The smallest absolute Gasteiger partial charge is 0.300 e. The molecule has 5 heteroatoms. The van der Waals surface area contributed by atoms with Crippen molar-refractivity contribution in [2.45, 2.75) is 19.8 Å². The lowest BCUT2D eigenvalue weighted by Crippen LogP contribution is -2.12. The number of amides is 1. The summed E-state index contributed by atoms with van der Waals surface area (Å²) in [5.41, 5.74) is 0. The second-order valence-electron chi connectivity index (χ2n) is 1.97. The first kappa shape index (κ1) is 12.6. The van der Waals surface area contributed by atoms with E-state index >= 15 is 0 Å². The number of carbonyl (C=O) groups excluding carboxylic acids is 1. The summed E-state index contributed by atoms with van der Waals surface area (Å²) in [5, 5.41) is 10.1. The average molecular weight is 162 g/mol. The zero-order valence-corrected chi connectivity index (χ0v) is 6.59. The minimum absolute atomic E-state index is 0. The highest BCUT2D eigenvalue weighted by Gasteiger charge is 2.05. The van der Waals surface area contributed by atoms with E-state index in [1.807, 2.05) is 0 Å². The standard InChI is InChI=1S/C4H7NO.C2H4O2.H3N/c6-4-2-1-3-5-4;1-2(3)4;/h1-3H2,(H,5,6);1H3,(H,3,4);1H3. The van der Waals surface area contributed by atoms with Crippen LogP contribution in [0.5, 0.6) is 0 Å². The molecular formula is C6H14N2O3. The molecule has 0 bridgehead atoms. The minimum atomic E-state index is -0.833. The van der Waals surface area contributed by atoms with Gasteiger partial charge < -0.3 is 16.6 Å². The van der Waals surface area contributed by atoms with E-state index in [1.54, 1.807) is 0 Å². The van der Waals surface area contributed by atoms with Crippen LogP contribution in [0.25, 0.3) is 0 Å². The Labute approximate surface area is 65.4 Å². The second-order valence-corrected chi connectivity index (χ2v) is 1.97. The van der Waals surface area contributed by atoms with E-state index in [2.05, 4.69) is 5.32 Å². The van der Waals surface area contributed by atoms with Gasteiger partial charge in [-0.3, -0.25) is 9.59 Å². The number of nitrogens with one attached hydrogen (secondary N) is 1. The van der Waals surface area contributed by atoms with Crippen LogP contribution in [0.4, 0.5) is 0 Å². The highest BCUT2D eigenvalue weighted by atomic mass is 16.4. The van der Waals surface area contributed by atoms with Gasteiger partial charge in [0, 0.05) is 19.9 Å². The lowest BCUT2D eigenvalue weighted by atomic mass is 10.4. The lowest BCUT2D eigenvalue weighted by Gasteiger charge is -1.80. The van der Waals surface area contributed by atoms with Gasteiger partial charge in [0.1, 0.15) is 0 Å². The molecule has 5 N–H and O–H groups in total. The summed E-state index contributed by atoms with van der Waals surface area (Å²) in [5.74, 6) is -0.630. The number of rotatable bonds is 0. The van der Waals surface area contributed by atoms with E-state index in [0.29, 0.717) is 0 Å². The number of carboxylic acid groups (broad SMARTS) is 1. The molecule has 0 aromatic rings. The molecular weight excluding hydrogens is 148 g/mol. The van der Waals surface area contributed by atoms with Gasteiger partial charge in [0.15, 0.2) is 0 Å². The molecule has 0 atom stereocenters. The van der Waals surface area contributed by atoms with E-state index < -0.39 is 5.97 Å². The summed E-state index contributed by atoms with van der Waals surface area (Å²) < 4.78 is 0. The van der Waals surface area contributed by atoms with Gasteiger partial charge in [0.2, 0.25) is 5.91 Å². The van der Waals surface area contributed by atoms with Gasteiger partial charge in [0.05, 0.1) is 0 Å². The number of aliphatic carboxylic acids is 1. The summed E-state index contributed by atoms with van der Waals surface area (Å²) >= 11 is 0. The predicted molar refractivity (Wildman–Crippen MR) is 40.6 cm³/mol. The fraction of sp³-hybridized carbons (Fsp3) is 0.667. The van der Waals surface area contributed by atoms with Gasteiger partial charge in [-0.25, -0.2) is 0 Å². The van der Waals surface area contributed by atoms with Crippen LogP contribution in [0.2, 0.25) is 0 Å². The molecule has 1 fully saturated rings. The molecule has 11 heavy (non-hydrogen) atoms. The summed E-state index contributed by atoms with van der Waals surface area (Å²) in [7, 11) is 0. The van der Waals surface area contributed by atoms with Crippen molar-refractivity contribution in [3.05, 3.63) is 0 Å². The number of carboxylic acids is 1. The van der Waals surface area contributed by atoms with Crippen molar-refractivity contribution in [1.29, 1.82) is 0 Å². The van der Waals surface area contributed by atoms with Gasteiger partial charge in [0.25, 0.3) is 5.97 Å². The van der Waals surface area contributed by atoms with Crippen LogP contribution < -0.4 is 11.5 Å². The van der Waals surface area contributed by atoms with Crippen molar-refractivity contribution in [2.75, 3.05) is 6.54 Å². The Hall–Kier alpha value is -1.10. The number of hydrogen-bond acceptors (Lipinski definition) is 3. The highest BCUT2D eigenvalue weighted by Crippen LogP contribution is 1.93. The lowest BCUT2D eigenvalue weighted by molar-refractivity contribution is -0.134. The van der Waals surface area contributed by atoms with Crippen molar-refractivity contribution >= 4 is 11.9 Å². The van der Waals surface area contributed by atoms with Crippen molar-refractivity contribution in [3.63, 3.8) is 0 Å². The third-order valence-electron chi connectivity index (χ3n) is 0.903. The maximum atomic E-state index is 10.1. The fourth-order valence-electron chi connectivity index (χ4n) is 0.565. The number of hydrogen-bond donors (Lipinski definition) is 3. The maximum Gasteiger partial charge on any atom is 0.300 e.